The van der Waals surface area contributed by atoms with Crippen molar-refractivity contribution in [3.8, 4) is 0 Å². The van der Waals surface area contributed by atoms with E-state index in [9.17, 15) is 28.8 Å². The number of carbonyl (C=O) groups excluding carboxylic acids is 3. The standard InChI is InChI=1S/C19H28N6O9/c1-8(2)15(18(32)24-12(19(33)34)5-14(28)29)25-17(31)11(3-9-6-21-7-22-9)23-16(30)10(20)4-13(26)27/h6-8,10-12,15H,3-5,20H2,1-2H3,(H,21,22)(H,23,30)(H,24,32)(H,25,31)(H,26,27)(H,28,29)(H,33,34). The first kappa shape index (κ1) is 28.0. The summed E-state index contributed by atoms with van der Waals surface area (Å²) in [7, 11) is 0. The van der Waals surface area contributed by atoms with Crippen LogP contribution in [-0.2, 0) is 35.2 Å². The number of carbonyl (C=O) groups is 6. The number of nitrogens with one attached hydrogen (secondary N) is 4. The highest BCUT2D eigenvalue weighted by molar-refractivity contribution is 5.95. The number of nitrogens with zero attached hydrogens (tertiary/aromatic N) is 1. The topological polar surface area (TPSA) is 254 Å². The van der Waals surface area contributed by atoms with Crippen LogP contribution < -0.4 is 21.7 Å². The Morgan fingerprint density at radius 2 is 1.50 bits per heavy atom. The molecule has 3 amide bonds. The Kier molecular flexibility index (Phi) is 10.6. The first-order valence-electron chi connectivity index (χ1n) is 10.1. The average Bonchev–Trinajstić information content (AvgIpc) is 3.22. The largest absolute Gasteiger partial charge is 0.481 e. The maximum absolute atomic E-state index is 13.0. The number of aromatic amines is 1. The Labute approximate surface area is 193 Å². The fourth-order valence-electron chi connectivity index (χ4n) is 2.81. The first-order valence-corrected chi connectivity index (χ1v) is 10.1. The van der Waals surface area contributed by atoms with Gasteiger partial charge in [0.15, 0.2) is 0 Å². The highest BCUT2D eigenvalue weighted by Crippen LogP contribution is 2.07. The number of imidazole rings is 1. The monoisotopic (exact) mass is 484 g/mol. The molecule has 1 heterocycles. The van der Waals surface area contributed by atoms with Crippen molar-refractivity contribution in [2.45, 2.75) is 57.3 Å². The molecule has 4 atom stereocenters. The highest BCUT2D eigenvalue weighted by atomic mass is 16.4. The number of hydrogen-bond acceptors (Lipinski definition) is 8. The second kappa shape index (κ2) is 12.9. The summed E-state index contributed by atoms with van der Waals surface area (Å²) in [5.41, 5.74) is 5.98. The molecule has 188 valence electrons. The highest BCUT2D eigenvalue weighted by Gasteiger charge is 2.33. The van der Waals surface area contributed by atoms with Crippen LogP contribution >= 0.6 is 0 Å². The fraction of sp³-hybridized carbons (Fsp3) is 0.526. The molecule has 15 nitrogen and oxygen atoms in total. The van der Waals surface area contributed by atoms with Gasteiger partial charge in [-0.3, -0.25) is 24.0 Å². The third kappa shape index (κ3) is 9.23. The summed E-state index contributed by atoms with van der Waals surface area (Å²) < 4.78 is 0. The number of aliphatic carboxylic acids is 3. The van der Waals surface area contributed by atoms with Crippen molar-refractivity contribution in [1.82, 2.24) is 25.9 Å². The lowest BCUT2D eigenvalue weighted by Gasteiger charge is -2.26. The van der Waals surface area contributed by atoms with Crippen LogP contribution in [0.3, 0.4) is 0 Å². The van der Waals surface area contributed by atoms with Crippen molar-refractivity contribution in [3.63, 3.8) is 0 Å². The zero-order valence-corrected chi connectivity index (χ0v) is 18.5. The summed E-state index contributed by atoms with van der Waals surface area (Å²) in [5, 5.41) is 33.6. The number of amides is 3. The molecule has 4 unspecified atom stereocenters. The van der Waals surface area contributed by atoms with Crippen LogP contribution in [0.15, 0.2) is 12.5 Å². The van der Waals surface area contributed by atoms with Gasteiger partial charge in [0.2, 0.25) is 17.7 Å². The molecule has 0 saturated carbocycles. The van der Waals surface area contributed by atoms with Gasteiger partial charge in [-0.2, -0.15) is 0 Å². The van der Waals surface area contributed by atoms with Crippen LogP contribution in [0.5, 0.6) is 0 Å². The zero-order valence-electron chi connectivity index (χ0n) is 18.5. The Hall–Kier alpha value is -4.01. The first-order chi connectivity index (χ1) is 15.8. The molecule has 9 N–H and O–H groups in total. The van der Waals surface area contributed by atoms with Gasteiger partial charge in [0.05, 0.1) is 25.2 Å². The van der Waals surface area contributed by atoms with Crippen LogP contribution in [0.25, 0.3) is 0 Å². The van der Waals surface area contributed by atoms with Gasteiger partial charge in [-0.15, -0.1) is 0 Å². The molecule has 0 saturated heterocycles. The number of carboxylic acid groups (broad SMARTS) is 3. The number of hydrogen-bond donors (Lipinski definition) is 8. The maximum atomic E-state index is 13.0. The Morgan fingerprint density at radius 1 is 0.912 bits per heavy atom. The second-order valence-electron chi connectivity index (χ2n) is 7.77. The van der Waals surface area contributed by atoms with E-state index in [1.54, 1.807) is 13.8 Å². The quantitative estimate of drug-likeness (QED) is 0.136. The van der Waals surface area contributed by atoms with Crippen molar-refractivity contribution in [3.05, 3.63) is 18.2 Å². The van der Waals surface area contributed by atoms with E-state index in [1.165, 1.54) is 12.5 Å². The molecule has 0 aromatic carbocycles. The molecule has 34 heavy (non-hydrogen) atoms. The number of nitrogens with two attached hydrogens (primary N) is 1. The van der Waals surface area contributed by atoms with Crippen LogP contribution in [0.1, 0.15) is 32.4 Å². The van der Waals surface area contributed by atoms with Gasteiger partial charge in [-0.1, -0.05) is 13.8 Å². The number of rotatable bonds is 14. The summed E-state index contributed by atoms with van der Waals surface area (Å²) in [4.78, 5) is 77.4. The normalized spacial score (nSPS) is 14.4. The molecule has 0 bridgehead atoms. The number of aromatic nitrogens is 2. The summed E-state index contributed by atoms with van der Waals surface area (Å²) in [6, 6.07) is -5.74. The fourth-order valence-corrected chi connectivity index (χ4v) is 2.81. The van der Waals surface area contributed by atoms with Gasteiger partial charge >= 0.3 is 17.9 Å². The molecular weight excluding hydrogens is 456 g/mol. The molecule has 1 rings (SSSR count). The van der Waals surface area contributed by atoms with Crippen molar-refractivity contribution in [2.75, 3.05) is 0 Å². The van der Waals surface area contributed by atoms with Gasteiger partial charge in [0.1, 0.15) is 18.1 Å². The molecule has 0 aliphatic heterocycles. The lowest BCUT2D eigenvalue weighted by molar-refractivity contribution is -0.147. The summed E-state index contributed by atoms with van der Waals surface area (Å²) >= 11 is 0. The van der Waals surface area contributed by atoms with Crippen molar-refractivity contribution in [1.29, 1.82) is 0 Å². The van der Waals surface area contributed by atoms with Crippen LogP contribution in [0, 0.1) is 5.92 Å². The Morgan fingerprint density at radius 3 is 1.97 bits per heavy atom. The lowest BCUT2D eigenvalue weighted by atomic mass is 10.0. The third-order valence-corrected chi connectivity index (χ3v) is 4.58. The lowest BCUT2D eigenvalue weighted by Crippen LogP contribution is -2.59. The Bertz CT molecular complexity index is 902. The van der Waals surface area contributed by atoms with Gasteiger partial charge in [-0.05, 0) is 5.92 Å². The van der Waals surface area contributed by atoms with Crippen molar-refractivity contribution >= 4 is 35.6 Å². The van der Waals surface area contributed by atoms with E-state index in [-0.39, 0.29) is 6.42 Å². The molecular formula is C19H28N6O9. The number of carboxylic acids is 3. The van der Waals surface area contributed by atoms with E-state index in [1.807, 2.05) is 0 Å². The van der Waals surface area contributed by atoms with Gasteiger partial charge < -0.3 is 42.0 Å². The van der Waals surface area contributed by atoms with E-state index >= 15 is 0 Å². The third-order valence-electron chi connectivity index (χ3n) is 4.58. The molecule has 1 aromatic rings. The number of H-pyrrole nitrogens is 1. The molecule has 0 aliphatic carbocycles. The van der Waals surface area contributed by atoms with E-state index in [4.69, 9.17) is 21.1 Å². The van der Waals surface area contributed by atoms with E-state index in [2.05, 4.69) is 25.9 Å². The SMILES string of the molecule is CC(C)C(NC(=O)C(Cc1cnc[nH]1)NC(=O)C(N)CC(=O)O)C(=O)NC(CC(=O)O)C(=O)O. The van der Waals surface area contributed by atoms with E-state index in [0.29, 0.717) is 5.69 Å². The van der Waals surface area contributed by atoms with Crippen molar-refractivity contribution < 1.29 is 44.1 Å². The minimum atomic E-state index is -1.72. The smallest absolute Gasteiger partial charge is 0.326 e. The summed E-state index contributed by atoms with van der Waals surface area (Å²) in [5.74, 6) is -7.58. The van der Waals surface area contributed by atoms with E-state index in [0.717, 1.165) is 0 Å². The molecule has 1 aromatic heterocycles. The van der Waals surface area contributed by atoms with Crippen molar-refractivity contribution in [2.24, 2.45) is 11.7 Å². The predicted molar refractivity (Wildman–Crippen MR) is 113 cm³/mol. The average molecular weight is 484 g/mol. The minimum Gasteiger partial charge on any atom is -0.481 e. The van der Waals surface area contributed by atoms with Gasteiger partial charge in [0, 0.05) is 18.3 Å². The van der Waals surface area contributed by atoms with Crippen LogP contribution in [0.2, 0.25) is 0 Å². The van der Waals surface area contributed by atoms with Crippen LogP contribution in [0.4, 0.5) is 0 Å². The molecule has 0 spiro atoms. The summed E-state index contributed by atoms with van der Waals surface area (Å²) in [6.45, 7) is 3.12. The second-order valence-corrected chi connectivity index (χ2v) is 7.77. The Balaban J connectivity index is 3.03. The van der Waals surface area contributed by atoms with E-state index < -0.39 is 78.6 Å². The maximum Gasteiger partial charge on any atom is 0.326 e. The summed E-state index contributed by atoms with van der Waals surface area (Å²) in [6.07, 6.45) is 1.06. The van der Waals surface area contributed by atoms with Gasteiger partial charge in [0.25, 0.3) is 0 Å². The molecule has 0 radical (unpaired) electrons. The molecule has 15 heteroatoms. The van der Waals surface area contributed by atoms with Gasteiger partial charge in [-0.25, -0.2) is 9.78 Å². The minimum absolute atomic E-state index is 0.111. The predicted octanol–water partition coefficient (Wildman–Crippen LogP) is -2.58. The molecule has 0 aliphatic rings. The molecule has 0 fully saturated rings. The zero-order chi connectivity index (χ0) is 26.0. The van der Waals surface area contributed by atoms with Crippen LogP contribution in [-0.4, -0.2) is 85.1 Å².